The van der Waals surface area contributed by atoms with E-state index in [-0.39, 0.29) is 0 Å². The van der Waals surface area contributed by atoms with Crippen LogP contribution in [0.2, 0.25) is 0 Å². The van der Waals surface area contributed by atoms with Crippen molar-refractivity contribution >= 4 is 11.5 Å². The van der Waals surface area contributed by atoms with E-state index >= 15 is 0 Å². The van der Waals surface area contributed by atoms with Crippen molar-refractivity contribution < 1.29 is 19.3 Å². The number of benzene rings is 2. The van der Waals surface area contributed by atoms with Crippen LogP contribution in [-0.4, -0.2) is 63.7 Å². The molecule has 2 N–H and O–H groups in total. The molecule has 0 aromatic heterocycles. The van der Waals surface area contributed by atoms with E-state index in [4.69, 9.17) is 4.74 Å². The molecule has 4 rings (SSSR count). The maximum Gasteiger partial charge on any atom is 0.278 e. The van der Waals surface area contributed by atoms with Gasteiger partial charge >= 0.3 is 0 Å². The van der Waals surface area contributed by atoms with Gasteiger partial charge in [0.15, 0.2) is 6.54 Å². The molecule has 2 aliphatic rings. The van der Waals surface area contributed by atoms with Gasteiger partial charge in [0.2, 0.25) is 0 Å². The molecular formula is C26H35N3O2+2. The number of ether oxygens (including phenoxy) is 1. The first-order chi connectivity index (χ1) is 15.1. The molecule has 1 fully saturated rings. The normalized spacial score (nSPS) is 21.5. The van der Waals surface area contributed by atoms with Gasteiger partial charge in [-0.3, -0.25) is 4.79 Å². The van der Waals surface area contributed by atoms with Gasteiger partial charge in [-0.05, 0) is 36.6 Å². The third kappa shape index (κ3) is 5.54. The lowest BCUT2D eigenvalue weighted by Crippen LogP contribution is -3.28. The number of amides is 1. The monoisotopic (exact) mass is 421 g/mol. The van der Waals surface area contributed by atoms with Gasteiger partial charge < -0.3 is 19.4 Å². The average Bonchev–Trinajstić information content (AvgIpc) is 2.81. The van der Waals surface area contributed by atoms with Crippen molar-refractivity contribution in [2.45, 2.75) is 19.9 Å². The number of rotatable bonds is 6. The summed E-state index contributed by atoms with van der Waals surface area (Å²) >= 11 is 0. The maximum atomic E-state index is 12.9. The molecule has 0 unspecified atom stereocenters. The van der Waals surface area contributed by atoms with E-state index in [0.29, 0.717) is 12.5 Å². The van der Waals surface area contributed by atoms with Crippen LogP contribution in [0, 0.1) is 6.92 Å². The Kier molecular flexibility index (Phi) is 7.05. The second kappa shape index (κ2) is 10.1. The van der Waals surface area contributed by atoms with E-state index in [2.05, 4.69) is 55.5 Å². The van der Waals surface area contributed by atoms with Crippen LogP contribution in [0.4, 0.5) is 0 Å². The van der Waals surface area contributed by atoms with E-state index in [1.54, 1.807) is 12.0 Å². The van der Waals surface area contributed by atoms with Crippen LogP contribution in [0.3, 0.4) is 0 Å². The van der Waals surface area contributed by atoms with Gasteiger partial charge in [0, 0.05) is 18.7 Å². The highest BCUT2D eigenvalue weighted by Gasteiger charge is 2.28. The second-order valence-corrected chi connectivity index (χ2v) is 8.85. The minimum atomic E-state index is 0.294. The van der Waals surface area contributed by atoms with Crippen molar-refractivity contribution in [2.75, 3.05) is 52.9 Å². The zero-order valence-corrected chi connectivity index (χ0v) is 18.8. The summed E-state index contributed by atoms with van der Waals surface area (Å²) in [6, 6.07) is 16.9. The fraction of sp³-hybridized carbons (Fsp3) is 0.423. The molecule has 164 valence electrons. The largest absolute Gasteiger partial charge is 0.496 e. The van der Waals surface area contributed by atoms with Crippen LogP contribution in [0.1, 0.15) is 23.1 Å². The third-order valence-electron chi connectivity index (χ3n) is 6.65. The predicted molar refractivity (Wildman–Crippen MR) is 123 cm³/mol. The Hall–Kier alpha value is -2.63. The lowest BCUT2D eigenvalue weighted by atomic mass is 9.99. The molecule has 2 aliphatic heterocycles. The quantitative estimate of drug-likeness (QED) is 0.717. The first-order valence-electron chi connectivity index (χ1n) is 11.5. The zero-order valence-electron chi connectivity index (χ0n) is 18.8. The molecule has 2 aromatic rings. The van der Waals surface area contributed by atoms with Crippen LogP contribution in [0.25, 0.3) is 5.57 Å². The van der Waals surface area contributed by atoms with Gasteiger partial charge in [-0.2, -0.15) is 0 Å². The van der Waals surface area contributed by atoms with Crippen molar-refractivity contribution in [3.63, 3.8) is 0 Å². The van der Waals surface area contributed by atoms with Crippen LogP contribution in [-0.2, 0) is 11.3 Å². The average molecular weight is 422 g/mol. The summed E-state index contributed by atoms with van der Waals surface area (Å²) in [4.78, 5) is 17.9. The summed E-state index contributed by atoms with van der Waals surface area (Å²) in [5, 5.41) is 0. The molecule has 0 spiro atoms. The van der Waals surface area contributed by atoms with E-state index in [0.717, 1.165) is 58.0 Å². The summed E-state index contributed by atoms with van der Waals surface area (Å²) < 4.78 is 5.55. The molecule has 5 heteroatoms. The first-order valence-corrected chi connectivity index (χ1v) is 11.5. The summed E-state index contributed by atoms with van der Waals surface area (Å²) in [7, 11) is 1.75. The van der Waals surface area contributed by atoms with Gasteiger partial charge in [0.05, 0.1) is 7.11 Å². The molecule has 0 saturated carbocycles. The highest BCUT2D eigenvalue weighted by Crippen LogP contribution is 2.22. The number of hydrogen-bond acceptors (Lipinski definition) is 2. The number of piperazine rings is 1. The highest BCUT2D eigenvalue weighted by molar-refractivity contribution is 5.79. The lowest BCUT2D eigenvalue weighted by Gasteiger charge is -2.32. The van der Waals surface area contributed by atoms with Crippen LogP contribution >= 0.6 is 0 Å². The number of carbonyl (C=O) groups excluding carboxylic acids is 1. The number of aryl methyl sites for hydroxylation is 1. The fourth-order valence-electron chi connectivity index (χ4n) is 4.76. The number of hydrogen-bond donors (Lipinski definition) is 2. The number of nitrogens with zero attached hydrogens (tertiary/aromatic N) is 1. The molecular weight excluding hydrogens is 386 g/mol. The molecule has 1 amide bonds. The Morgan fingerprint density at radius 1 is 1.03 bits per heavy atom. The second-order valence-electron chi connectivity index (χ2n) is 8.85. The minimum Gasteiger partial charge on any atom is -0.496 e. The number of nitrogens with one attached hydrogen (secondary N) is 2. The van der Waals surface area contributed by atoms with E-state index < -0.39 is 0 Å². The smallest absolute Gasteiger partial charge is 0.278 e. The van der Waals surface area contributed by atoms with Crippen LogP contribution in [0.15, 0.2) is 54.6 Å². The standard InChI is InChI=1S/C26H33N3O2/c1-21-8-9-25(31-2)24(18-21)19-27-14-16-28(17-15-27)20-26(30)29-12-10-23(11-13-29)22-6-4-3-5-7-22/h3-10,18H,11-17,19-20H2,1-2H3/p+2. The topological polar surface area (TPSA) is 38.4 Å². The zero-order chi connectivity index (χ0) is 21.6. The van der Waals surface area contributed by atoms with Gasteiger partial charge in [0.25, 0.3) is 5.91 Å². The molecule has 0 bridgehead atoms. The van der Waals surface area contributed by atoms with Crippen molar-refractivity contribution in [1.82, 2.24) is 4.90 Å². The highest BCUT2D eigenvalue weighted by atomic mass is 16.5. The molecule has 0 radical (unpaired) electrons. The first kappa shape index (κ1) is 21.6. The van der Waals surface area contributed by atoms with E-state index in [9.17, 15) is 4.79 Å². The summed E-state index contributed by atoms with van der Waals surface area (Å²) in [6.45, 7) is 9.60. The third-order valence-corrected chi connectivity index (χ3v) is 6.65. The molecule has 0 aliphatic carbocycles. The summed E-state index contributed by atoms with van der Waals surface area (Å²) in [5.41, 5.74) is 5.20. The van der Waals surface area contributed by atoms with Crippen LogP contribution < -0.4 is 14.5 Å². The van der Waals surface area contributed by atoms with Crippen molar-refractivity contribution in [3.05, 3.63) is 71.3 Å². The number of methoxy groups -OCH3 is 1. The van der Waals surface area contributed by atoms with Crippen molar-refractivity contribution in [1.29, 1.82) is 0 Å². The van der Waals surface area contributed by atoms with E-state index in [1.807, 2.05) is 11.0 Å². The van der Waals surface area contributed by atoms with Crippen LogP contribution in [0.5, 0.6) is 5.75 Å². The Bertz CT molecular complexity index is 918. The Labute approximate surface area is 185 Å². The predicted octanol–water partition coefficient (Wildman–Crippen LogP) is 0.603. The maximum absolute atomic E-state index is 12.9. The molecule has 31 heavy (non-hydrogen) atoms. The van der Waals surface area contributed by atoms with E-state index in [1.165, 1.54) is 27.2 Å². The Balaban J connectivity index is 1.24. The SMILES string of the molecule is COc1ccc(C)cc1C[NH+]1CC[NH+](CC(=O)N2CC=C(c3ccccc3)CC2)CC1. The summed E-state index contributed by atoms with van der Waals surface area (Å²) in [6.07, 6.45) is 3.17. The van der Waals surface area contributed by atoms with Gasteiger partial charge in [0.1, 0.15) is 38.5 Å². The minimum absolute atomic E-state index is 0.294. The van der Waals surface area contributed by atoms with Gasteiger partial charge in [-0.15, -0.1) is 0 Å². The Morgan fingerprint density at radius 3 is 2.45 bits per heavy atom. The molecule has 2 aromatic carbocycles. The molecule has 1 saturated heterocycles. The lowest BCUT2D eigenvalue weighted by molar-refractivity contribution is -1.02. The Morgan fingerprint density at radius 2 is 1.77 bits per heavy atom. The molecule has 0 atom stereocenters. The van der Waals surface area contributed by atoms with Gasteiger partial charge in [-0.25, -0.2) is 0 Å². The van der Waals surface area contributed by atoms with Gasteiger partial charge in [-0.1, -0.05) is 48.0 Å². The molecule has 5 nitrogen and oxygen atoms in total. The van der Waals surface area contributed by atoms with Crippen molar-refractivity contribution in [3.8, 4) is 5.75 Å². The number of carbonyl (C=O) groups is 1. The summed E-state index contributed by atoms with van der Waals surface area (Å²) in [5.74, 6) is 1.28. The number of quaternary nitrogens is 2. The fourth-order valence-corrected chi connectivity index (χ4v) is 4.76. The van der Waals surface area contributed by atoms with Crippen molar-refractivity contribution in [2.24, 2.45) is 0 Å². The molecule has 2 heterocycles.